The molecule has 3 rings (SSSR count). The number of para-hydroxylation sites is 1. The molecule has 0 bridgehead atoms. The fourth-order valence-corrected chi connectivity index (χ4v) is 4.41. The molecule has 0 unspecified atom stereocenters. The van der Waals surface area contributed by atoms with E-state index in [0.29, 0.717) is 18.0 Å². The van der Waals surface area contributed by atoms with Crippen molar-refractivity contribution in [2.75, 3.05) is 17.5 Å². The number of benzene rings is 3. The minimum atomic E-state index is -3.94. The average Bonchev–Trinajstić information content (AvgIpc) is 2.82. The monoisotopic (exact) mass is 451 g/mol. The largest absolute Gasteiger partial charge is 0.494 e. The zero-order chi connectivity index (χ0) is 23.0. The van der Waals surface area contributed by atoms with Crippen molar-refractivity contribution in [3.8, 4) is 5.75 Å². The zero-order valence-electron chi connectivity index (χ0n) is 17.9. The van der Waals surface area contributed by atoms with Crippen LogP contribution < -0.4 is 14.5 Å². The van der Waals surface area contributed by atoms with Gasteiger partial charge in [-0.2, -0.15) is 5.10 Å². The smallest absolute Gasteiger partial charge is 0.264 e. The highest BCUT2D eigenvalue weighted by atomic mass is 32.2. The van der Waals surface area contributed by atoms with E-state index < -0.39 is 22.5 Å². The van der Waals surface area contributed by atoms with Gasteiger partial charge in [-0.05, 0) is 67.9 Å². The molecule has 0 fully saturated rings. The third-order valence-electron chi connectivity index (χ3n) is 4.59. The first-order chi connectivity index (χ1) is 15.4. The molecule has 3 aromatic carbocycles. The van der Waals surface area contributed by atoms with Gasteiger partial charge in [0.2, 0.25) is 0 Å². The minimum Gasteiger partial charge on any atom is -0.494 e. The molecule has 166 valence electrons. The molecule has 0 heterocycles. The summed E-state index contributed by atoms with van der Waals surface area (Å²) in [5.74, 6) is 0.191. The van der Waals surface area contributed by atoms with Gasteiger partial charge >= 0.3 is 0 Å². The van der Waals surface area contributed by atoms with E-state index in [2.05, 4.69) is 10.5 Å². The molecular formula is C24H25N3O4S. The van der Waals surface area contributed by atoms with Crippen LogP contribution in [0.15, 0.2) is 94.9 Å². The fraction of sp³-hybridized carbons (Fsp3) is 0.167. The van der Waals surface area contributed by atoms with Crippen LogP contribution in [0.1, 0.15) is 19.4 Å². The normalized spacial score (nSPS) is 11.6. The predicted octanol–water partition coefficient (Wildman–Crippen LogP) is 3.82. The summed E-state index contributed by atoms with van der Waals surface area (Å²) >= 11 is 0. The van der Waals surface area contributed by atoms with Gasteiger partial charge in [-0.15, -0.1) is 0 Å². The van der Waals surface area contributed by atoms with Crippen LogP contribution in [-0.2, 0) is 14.8 Å². The number of sulfonamides is 1. The van der Waals surface area contributed by atoms with Crippen molar-refractivity contribution in [3.63, 3.8) is 0 Å². The highest BCUT2D eigenvalue weighted by molar-refractivity contribution is 7.92. The lowest BCUT2D eigenvalue weighted by atomic mass is 10.1. The summed E-state index contributed by atoms with van der Waals surface area (Å²) in [4.78, 5) is 12.7. The maximum absolute atomic E-state index is 13.2. The Bertz CT molecular complexity index is 1160. The van der Waals surface area contributed by atoms with Gasteiger partial charge in [0.15, 0.2) is 0 Å². The Morgan fingerprint density at radius 1 is 0.938 bits per heavy atom. The number of hydrazone groups is 1. The number of ether oxygens (including phenoxy) is 1. The Balaban J connectivity index is 1.78. The van der Waals surface area contributed by atoms with Gasteiger partial charge in [-0.3, -0.25) is 9.10 Å². The number of rotatable bonds is 9. The van der Waals surface area contributed by atoms with Crippen LogP contribution in [0.4, 0.5) is 5.69 Å². The van der Waals surface area contributed by atoms with E-state index in [1.807, 2.05) is 31.2 Å². The van der Waals surface area contributed by atoms with Crippen molar-refractivity contribution in [1.82, 2.24) is 5.43 Å². The van der Waals surface area contributed by atoms with Crippen LogP contribution in [0.25, 0.3) is 0 Å². The summed E-state index contributed by atoms with van der Waals surface area (Å²) in [6, 6.07) is 23.8. The molecule has 7 nitrogen and oxygen atoms in total. The zero-order valence-corrected chi connectivity index (χ0v) is 18.7. The van der Waals surface area contributed by atoms with Crippen LogP contribution in [0.3, 0.4) is 0 Å². The quantitative estimate of drug-likeness (QED) is 0.396. The number of hydrogen-bond acceptors (Lipinski definition) is 5. The fourth-order valence-electron chi connectivity index (χ4n) is 2.96. The molecule has 0 aliphatic carbocycles. The summed E-state index contributed by atoms with van der Waals surface area (Å²) in [6.45, 7) is 3.83. The highest BCUT2D eigenvalue weighted by Crippen LogP contribution is 2.23. The molecule has 0 radical (unpaired) electrons. The molecule has 1 N–H and O–H groups in total. The van der Waals surface area contributed by atoms with Crippen molar-refractivity contribution in [1.29, 1.82) is 0 Å². The number of carbonyl (C=O) groups is 1. The first-order valence-electron chi connectivity index (χ1n) is 10.1. The molecule has 8 heteroatoms. The van der Waals surface area contributed by atoms with Crippen molar-refractivity contribution in [2.45, 2.75) is 18.7 Å². The van der Waals surface area contributed by atoms with Gasteiger partial charge in [0.1, 0.15) is 12.3 Å². The van der Waals surface area contributed by atoms with Gasteiger partial charge in [0.05, 0.1) is 22.9 Å². The van der Waals surface area contributed by atoms with Crippen LogP contribution >= 0.6 is 0 Å². The Hall–Kier alpha value is -3.65. The molecule has 0 saturated heterocycles. The lowest BCUT2D eigenvalue weighted by Gasteiger charge is -2.23. The van der Waals surface area contributed by atoms with Gasteiger partial charge in [-0.1, -0.05) is 36.4 Å². The first kappa shape index (κ1) is 23.0. The lowest BCUT2D eigenvalue weighted by Crippen LogP contribution is -2.39. The molecular weight excluding hydrogens is 426 g/mol. The summed E-state index contributed by atoms with van der Waals surface area (Å²) in [5, 5.41) is 4.13. The maximum Gasteiger partial charge on any atom is 0.264 e. The van der Waals surface area contributed by atoms with Crippen LogP contribution in [0.2, 0.25) is 0 Å². The number of hydrogen-bond donors (Lipinski definition) is 1. The van der Waals surface area contributed by atoms with E-state index in [1.165, 1.54) is 12.1 Å². The van der Waals surface area contributed by atoms with Gasteiger partial charge < -0.3 is 4.74 Å². The molecule has 0 aromatic heterocycles. The van der Waals surface area contributed by atoms with Crippen molar-refractivity contribution >= 4 is 27.3 Å². The summed E-state index contributed by atoms with van der Waals surface area (Å²) in [5.41, 5.74) is 4.24. The van der Waals surface area contributed by atoms with Crippen LogP contribution in [0, 0.1) is 0 Å². The van der Waals surface area contributed by atoms with Gasteiger partial charge in [-0.25, -0.2) is 13.8 Å². The van der Waals surface area contributed by atoms with Crippen molar-refractivity contribution < 1.29 is 17.9 Å². The Labute approximate surface area is 188 Å². The second kappa shape index (κ2) is 10.6. The molecule has 0 aliphatic rings. The van der Waals surface area contributed by atoms with E-state index in [-0.39, 0.29) is 4.90 Å². The van der Waals surface area contributed by atoms with E-state index >= 15 is 0 Å². The van der Waals surface area contributed by atoms with Gasteiger partial charge in [0.25, 0.3) is 15.9 Å². The molecule has 32 heavy (non-hydrogen) atoms. The first-order valence-corrected chi connectivity index (χ1v) is 11.5. The standard InChI is InChI=1S/C24H25N3O4S/c1-3-31-22-16-14-20(15-17-22)19(2)25-26-24(28)18-27(21-10-6-4-7-11-21)32(29,30)23-12-8-5-9-13-23/h4-17H,3,18H2,1-2H3,(H,26,28)/b25-19-. The molecule has 0 saturated carbocycles. The summed E-state index contributed by atoms with van der Waals surface area (Å²) < 4.78 is 32.9. The minimum absolute atomic E-state index is 0.103. The lowest BCUT2D eigenvalue weighted by molar-refractivity contribution is -0.119. The molecule has 3 aromatic rings. The second-order valence-electron chi connectivity index (χ2n) is 6.85. The van der Waals surface area contributed by atoms with Crippen LogP contribution in [0.5, 0.6) is 5.75 Å². The maximum atomic E-state index is 13.2. The van der Waals surface area contributed by atoms with E-state index in [9.17, 15) is 13.2 Å². The number of carbonyl (C=O) groups excluding carboxylic acids is 1. The van der Waals surface area contributed by atoms with Crippen molar-refractivity contribution in [2.24, 2.45) is 5.10 Å². The Kier molecular flexibility index (Phi) is 7.62. The SMILES string of the molecule is CCOc1ccc(/C(C)=N\NC(=O)CN(c2ccccc2)S(=O)(=O)c2ccccc2)cc1. The molecule has 0 spiro atoms. The number of nitrogens with one attached hydrogen (secondary N) is 1. The third-order valence-corrected chi connectivity index (χ3v) is 6.38. The Morgan fingerprint density at radius 3 is 2.12 bits per heavy atom. The van der Waals surface area contributed by atoms with E-state index in [4.69, 9.17) is 4.74 Å². The Morgan fingerprint density at radius 2 is 1.53 bits per heavy atom. The molecule has 0 aliphatic heterocycles. The van der Waals surface area contributed by atoms with E-state index in [1.54, 1.807) is 55.5 Å². The number of nitrogens with zero attached hydrogens (tertiary/aromatic N) is 2. The predicted molar refractivity (Wildman–Crippen MR) is 125 cm³/mol. The average molecular weight is 452 g/mol. The number of anilines is 1. The van der Waals surface area contributed by atoms with Crippen molar-refractivity contribution in [3.05, 3.63) is 90.5 Å². The van der Waals surface area contributed by atoms with Crippen LogP contribution in [-0.4, -0.2) is 33.2 Å². The van der Waals surface area contributed by atoms with E-state index in [0.717, 1.165) is 15.6 Å². The summed E-state index contributed by atoms with van der Waals surface area (Å²) in [7, 11) is -3.94. The second-order valence-corrected chi connectivity index (χ2v) is 8.71. The number of amides is 1. The van der Waals surface area contributed by atoms with Gasteiger partial charge in [0, 0.05) is 0 Å². The topological polar surface area (TPSA) is 88.1 Å². The molecule has 1 amide bonds. The summed E-state index contributed by atoms with van der Waals surface area (Å²) in [6.07, 6.45) is 0. The highest BCUT2D eigenvalue weighted by Gasteiger charge is 2.26. The third kappa shape index (κ3) is 5.73. The molecule has 0 atom stereocenters.